The van der Waals surface area contributed by atoms with Gasteiger partial charge in [0.15, 0.2) is 0 Å². The molecule has 1 aromatic rings. The number of likely N-dealkylation sites (tertiary alicyclic amines) is 1. The molecule has 0 spiro atoms. The van der Waals surface area contributed by atoms with Crippen LogP contribution in [0.3, 0.4) is 0 Å². The van der Waals surface area contributed by atoms with Gasteiger partial charge in [0, 0.05) is 31.6 Å². The predicted molar refractivity (Wildman–Crippen MR) is 60.7 cm³/mol. The van der Waals surface area contributed by atoms with Crippen LogP contribution in [0.2, 0.25) is 0 Å². The first kappa shape index (κ1) is 10.6. The fourth-order valence-electron chi connectivity index (χ4n) is 2.29. The third kappa shape index (κ3) is 2.37. The van der Waals surface area contributed by atoms with Crippen LogP contribution in [0.15, 0.2) is 30.3 Å². The van der Waals surface area contributed by atoms with Gasteiger partial charge in [-0.05, 0) is 5.56 Å². The molecular formula is C12H18N2O. The van der Waals surface area contributed by atoms with Crippen LogP contribution in [-0.2, 0) is 0 Å². The van der Waals surface area contributed by atoms with E-state index in [2.05, 4.69) is 29.2 Å². The Balaban J connectivity index is 2.05. The minimum absolute atomic E-state index is 0.193. The number of aliphatic hydroxyl groups is 1. The van der Waals surface area contributed by atoms with Gasteiger partial charge < -0.3 is 10.8 Å². The lowest BCUT2D eigenvalue weighted by molar-refractivity contribution is 0.219. The van der Waals surface area contributed by atoms with Crippen LogP contribution in [0.1, 0.15) is 11.5 Å². The third-order valence-electron chi connectivity index (χ3n) is 3.08. The highest BCUT2D eigenvalue weighted by molar-refractivity contribution is 5.23. The minimum Gasteiger partial charge on any atom is -0.395 e. The fourth-order valence-corrected chi connectivity index (χ4v) is 2.29. The van der Waals surface area contributed by atoms with Crippen LogP contribution >= 0.6 is 0 Å². The molecule has 1 fully saturated rings. The second kappa shape index (κ2) is 4.75. The van der Waals surface area contributed by atoms with Crippen molar-refractivity contribution in [1.29, 1.82) is 0 Å². The maximum absolute atomic E-state index is 8.89. The molecule has 0 saturated carbocycles. The summed E-state index contributed by atoms with van der Waals surface area (Å²) in [6.07, 6.45) is 0. The molecular weight excluding hydrogens is 188 g/mol. The highest BCUT2D eigenvalue weighted by Gasteiger charge is 2.30. The maximum atomic E-state index is 8.89. The summed E-state index contributed by atoms with van der Waals surface area (Å²) in [5.41, 5.74) is 7.42. The maximum Gasteiger partial charge on any atom is 0.0558 e. The predicted octanol–water partition coefficient (Wildman–Crippen LogP) is 0.405. The van der Waals surface area contributed by atoms with Crippen molar-refractivity contribution >= 4 is 0 Å². The molecule has 1 heterocycles. The Bertz CT molecular complexity index is 302. The number of benzene rings is 1. The van der Waals surface area contributed by atoms with Gasteiger partial charge >= 0.3 is 0 Å². The van der Waals surface area contributed by atoms with Crippen LogP contribution in [0.25, 0.3) is 0 Å². The zero-order chi connectivity index (χ0) is 10.7. The van der Waals surface area contributed by atoms with Gasteiger partial charge in [-0.1, -0.05) is 30.3 Å². The van der Waals surface area contributed by atoms with Crippen LogP contribution < -0.4 is 5.73 Å². The minimum atomic E-state index is 0.193. The zero-order valence-electron chi connectivity index (χ0n) is 8.84. The molecule has 0 bridgehead atoms. The van der Waals surface area contributed by atoms with Crippen molar-refractivity contribution in [2.24, 2.45) is 5.73 Å². The Labute approximate surface area is 90.5 Å². The van der Waals surface area contributed by atoms with Gasteiger partial charge in [-0.15, -0.1) is 0 Å². The van der Waals surface area contributed by atoms with E-state index in [4.69, 9.17) is 10.8 Å². The normalized spacial score (nSPS) is 27.1. The molecule has 0 aromatic heterocycles. The largest absolute Gasteiger partial charge is 0.395 e. The highest BCUT2D eigenvalue weighted by Crippen LogP contribution is 2.25. The van der Waals surface area contributed by atoms with E-state index in [1.807, 2.05) is 6.07 Å². The van der Waals surface area contributed by atoms with Crippen LogP contribution in [0.4, 0.5) is 0 Å². The molecule has 3 heteroatoms. The van der Waals surface area contributed by atoms with E-state index in [9.17, 15) is 0 Å². The summed E-state index contributed by atoms with van der Waals surface area (Å²) in [5, 5.41) is 8.89. The van der Waals surface area contributed by atoms with Gasteiger partial charge in [0.25, 0.3) is 0 Å². The number of rotatable bonds is 3. The zero-order valence-corrected chi connectivity index (χ0v) is 8.84. The van der Waals surface area contributed by atoms with Crippen molar-refractivity contribution in [3.63, 3.8) is 0 Å². The summed E-state index contributed by atoms with van der Waals surface area (Å²) in [5.74, 6) is 0.415. The molecule has 0 radical (unpaired) electrons. The molecule has 1 aromatic carbocycles. The topological polar surface area (TPSA) is 49.5 Å². The number of nitrogens with two attached hydrogens (primary N) is 1. The van der Waals surface area contributed by atoms with Crippen molar-refractivity contribution in [2.45, 2.75) is 12.0 Å². The fraction of sp³-hybridized carbons (Fsp3) is 0.500. The molecule has 1 saturated heterocycles. The molecule has 82 valence electrons. The quantitative estimate of drug-likeness (QED) is 0.753. The summed E-state index contributed by atoms with van der Waals surface area (Å²) >= 11 is 0. The Kier molecular flexibility index (Phi) is 3.36. The third-order valence-corrected chi connectivity index (χ3v) is 3.08. The van der Waals surface area contributed by atoms with Crippen LogP contribution in [0.5, 0.6) is 0 Å². The summed E-state index contributed by atoms with van der Waals surface area (Å²) in [6, 6.07) is 10.6. The molecule has 15 heavy (non-hydrogen) atoms. The van der Waals surface area contributed by atoms with Crippen LogP contribution in [0, 0.1) is 0 Å². The number of nitrogens with zero attached hydrogens (tertiary/aromatic N) is 1. The Morgan fingerprint density at radius 2 is 2.00 bits per heavy atom. The summed E-state index contributed by atoms with van der Waals surface area (Å²) in [6.45, 7) is 2.80. The summed E-state index contributed by atoms with van der Waals surface area (Å²) < 4.78 is 0. The SMILES string of the molecule is N[C@H]1CN(CCO)C[C@@H]1c1ccccc1. The number of β-amino-alcohol motifs (C(OH)–C–C–N with tert-alkyl or cyclic N) is 1. The van der Waals surface area contributed by atoms with E-state index in [1.165, 1.54) is 5.56 Å². The molecule has 2 rings (SSSR count). The van der Waals surface area contributed by atoms with E-state index in [0.29, 0.717) is 5.92 Å². The monoisotopic (exact) mass is 206 g/mol. The molecule has 1 aliphatic heterocycles. The smallest absolute Gasteiger partial charge is 0.0558 e. The van der Waals surface area contributed by atoms with Crippen molar-refractivity contribution in [1.82, 2.24) is 4.90 Å². The van der Waals surface area contributed by atoms with Gasteiger partial charge in [-0.25, -0.2) is 0 Å². The lowest BCUT2D eigenvalue weighted by Gasteiger charge is -2.14. The van der Waals surface area contributed by atoms with Crippen LogP contribution in [-0.4, -0.2) is 42.3 Å². The average molecular weight is 206 g/mol. The summed E-state index contributed by atoms with van der Waals surface area (Å²) in [7, 11) is 0. The van der Waals surface area contributed by atoms with Gasteiger partial charge in [0.05, 0.1) is 6.61 Å². The first-order valence-electron chi connectivity index (χ1n) is 5.45. The number of aliphatic hydroxyl groups excluding tert-OH is 1. The lowest BCUT2D eigenvalue weighted by atomic mass is 9.95. The number of hydrogen-bond donors (Lipinski definition) is 2. The van der Waals surface area contributed by atoms with Crippen molar-refractivity contribution in [2.75, 3.05) is 26.2 Å². The Morgan fingerprint density at radius 1 is 1.27 bits per heavy atom. The molecule has 2 atom stereocenters. The van der Waals surface area contributed by atoms with Crippen molar-refractivity contribution < 1.29 is 5.11 Å². The first-order valence-corrected chi connectivity index (χ1v) is 5.45. The standard InChI is InChI=1S/C12H18N2O/c13-12-9-14(6-7-15)8-11(12)10-4-2-1-3-5-10/h1-5,11-12,15H,6-9,13H2/t11-,12+/m1/s1. The average Bonchev–Trinajstić information content (AvgIpc) is 2.61. The molecule has 3 nitrogen and oxygen atoms in total. The van der Waals surface area contributed by atoms with Gasteiger partial charge in [0.1, 0.15) is 0 Å². The lowest BCUT2D eigenvalue weighted by Crippen LogP contribution is -2.29. The van der Waals surface area contributed by atoms with Gasteiger partial charge in [0.2, 0.25) is 0 Å². The molecule has 3 N–H and O–H groups in total. The molecule has 0 aliphatic carbocycles. The number of hydrogen-bond acceptors (Lipinski definition) is 3. The van der Waals surface area contributed by atoms with E-state index < -0.39 is 0 Å². The Hall–Kier alpha value is -0.900. The van der Waals surface area contributed by atoms with E-state index in [-0.39, 0.29) is 12.6 Å². The highest BCUT2D eigenvalue weighted by atomic mass is 16.3. The van der Waals surface area contributed by atoms with E-state index >= 15 is 0 Å². The van der Waals surface area contributed by atoms with E-state index in [0.717, 1.165) is 19.6 Å². The second-order valence-corrected chi connectivity index (χ2v) is 4.16. The molecule has 0 amide bonds. The molecule has 0 unspecified atom stereocenters. The Morgan fingerprint density at radius 3 is 2.67 bits per heavy atom. The second-order valence-electron chi connectivity index (χ2n) is 4.16. The van der Waals surface area contributed by atoms with Crippen molar-refractivity contribution in [3.8, 4) is 0 Å². The van der Waals surface area contributed by atoms with Gasteiger partial charge in [-0.2, -0.15) is 0 Å². The van der Waals surface area contributed by atoms with Gasteiger partial charge in [-0.3, -0.25) is 4.90 Å². The molecule has 1 aliphatic rings. The van der Waals surface area contributed by atoms with E-state index in [1.54, 1.807) is 0 Å². The van der Waals surface area contributed by atoms with Crippen molar-refractivity contribution in [3.05, 3.63) is 35.9 Å². The first-order chi connectivity index (χ1) is 7.31. The summed E-state index contributed by atoms with van der Waals surface area (Å²) in [4.78, 5) is 2.22.